The molecule has 0 radical (unpaired) electrons. The molecule has 0 fully saturated rings. The molecule has 1 aromatic carbocycles. The molecular weight excluding hydrogens is 292 g/mol. The Labute approximate surface area is 148 Å². The summed E-state index contributed by atoms with van der Waals surface area (Å²) >= 11 is 0. The van der Waals surface area contributed by atoms with Gasteiger partial charge in [0.1, 0.15) is 0 Å². The quantitative estimate of drug-likeness (QED) is 0.463. The second kappa shape index (κ2) is 9.27. The molecule has 2 heteroatoms. The van der Waals surface area contributed by atoms with Gasteiger partial charge in [0.05, 0.1) is 11.4 Å². The molecule has 0 spiro atoms. The molecule has 0 aliphatic rings. The van der Waals surface area contributed by atoms with Gasteiger partial charge >= 0.3 is 0 Å². The van der Waals surface area contributed by atoms with Gasteiger partial charge in [0.15, 0.2) is 0 Å². The number of aryl methyl sites for hydroxylation is 1. The highest BCUT2D eigenvalue weighted by Crippen LogP contribution is 2.21. The molecule has 0 aromatic heterocycles. The largest absolute Gasteiger partial charge is 0.380 e. The molecule has 0 heterocycles. The highest BCUT2D eigenvalue weighted by molar-refractivity contribution is 5.98. The van der Waals surface area contributed by atoms with Crippen LogP contribution in [0, 0.1) is 12.8 Å². The van der Waals surface area contributed by atoms with Gasteiger partial charge in [0, 0.05) is 12.3 Å². The molecule has 2 nitrogen and oxygen atoms in total. The van der Waals surface area contributed by atoms with Crippen LogP contribution in [0.5, 0.6) is 0 Å². The minimum Gasteiger partial charge on any atom is -0.380 e. The zero-order chi connectivity index (χ0) is 18.3. The van der Waals surface area contributed by atoms with Gasteiger partial charge in [0.25, 0.3) is 0 Å². The maximum Gasteiger partial charge on any atom is 0.0847 e. The lowest BCUT2D eigenvalue weighted by molar-refractivity contribution is 0.636. The van der Waals surface area contributed by atoms with Crippen molar-refractivity contribution < 1.29 is 0 Å². The normalized spacial score (nSPS) is 12.9. The third kappa shape index (κ3) is 6.57. The summed E-state index contributed by atoms with van der Waals surface area (Å²) in [5, 5.41) is 3.43. The monoisotopic (exact) mass is 324 g/mol. The van der Waals surface area contributed by atoms with E-state index in [9.17, 15) is 0 Å². The van der Waals surface area contributed by atoms with Crippen LogP contribution in [0.1, 0.15) is 52.2 Å². The van der Waals surface area contributed by atoms with Crippen LogP contribution < -0.4 is 5.32 Å². The van der Waals surface area contributed by atoms with E-state index in [1.54, 1.807) is 0 Å². The van der Waals surface area contributed by atoms with Crippen molar-refractivity contribution in [1.82, 2.24) is 5.32 Å². The fourth-order valence-electron chi connectivity index (χ4n) is 2.39. The molecule has 130 valence electrons. The van der Waals surface area contributed by atoms with Crippen molar-refractivity contribution in [2.75, 3.05) is 0 Å². The van der Waals surface area contributed by atoms with Gasteiger partial charge in [-0.1, -0.05) is 56.8 Å². The number of hydrogen-bond acceptors (Lipinski definition) is 2. The summed E-state index contributed by atoms with van der Waals surface area (Å²) in [6.45, 7) is 21.6. The first-order valence-electron chi connectivity index (χ1n) is 8.60. The Morgan fingerprint density at radius 2 is 1.67 bits per heavy atom. The van der Waals surface area contributed by atoms with Gasteiger partial charge in [-0.05, 0) is 56.7 Å². The van der Waals surface area contributed by atoms with E-state index in [1.807, 2.05) is 13.8 Å². The van der Waals surface area contributed by atoms with Gasteiger partial charge in [0.2, 0.25) is 0 Å². The molecule has 0 bridgehead atoms. The number of rotatable bonds is 8. The SMILES string of the molecule is C=C(C)/C(C)=N/C(C(=C)NCc1ccc(C)cc1)=C(\C)CC(C)C. The van der Waals surface area contributed by atoms with E-state index >= 15 is 0 Å². The van der Waals surface area contributed by atoms with E-state index in [1.165, 1.54) is 16.7 Å². The van der Waals surface area contributed by atoms with Crippen LogP contribution in [0.2, 0.25) is 0 Å². The Morgan fingerprint density at radius 3 is 2.17 bits per heavy atom. The van der Waals surface area contributed by atoms with Gasteiger partial charge in [-0.2, -0.15) is 0 Å². The number of benzene rings is 1. The Balaban J connectivity index is 2.97. The summed E-state index contributed by atoms with van der Waals surface area (Å²) in [6, 6.07) is 8.54. The van der Waals surface area contributed by atoms with Crippen LogP contribution in [-0.4, -0.2) is 5.71 Å². The highest BCUT2D eigenvalue weighted by Gasteiger charge is 2.09. The van der Waals surface area contributed by atoms with Gasteiger partial charge in [-0.3, -0.25) is 4.99 Å². The topological polar surface area (TPSA) is 24.4 Å². The molecule has 0 aliphatic heterocycles. The Kier molecular flexibility index (Phi) is 7.70. The van der Waals surface area contributed by atoms with Crippen LogP contribution in [-0.2, 0) is 6.54 Å². The first-order valence-corrected chi connectivity index (χ1v) is 8.60. The fourth-order valence-corrected chi connectivity index (χ4v) is 2.39. The lowest BCUT2D eigenvalue weighted by Gasteiger charge is -2.16. The van der Waals surface area contributed by atoms with E-state index in [-0.39, 0.29) is 0 Å². The number of nitrogens with one attached hydrogen (secondary N) is 1. The summed E-state index contributed by atoms with van der Waals surface area (Å²) < 4.78 is 0. The number of hydrogen-bond donors (Lipinski definition) is 1. The summed E-state index contributed by atoms with van der Waals surface area (Å²) in [5.74, 6) is 0.588. The van der Waals surface area contributed by atoms with Crippen molar-refractivity contribution in [1.29, 1.82) is 0 Å². The second-order valence-electron chi connectivity index (χ2n) is 7.02. The standard InChI is InChI=1S/C22H32N2/c1-15(2)13-18(6)22(24-19(7)16(3)4)20(8)23-14-21-11-9-17(5)10-12-21/h9-12,15,23H,3,8,13-14H2,1-2,4-7H3/b22-18+,24-19+. The molecule has 0 saturated heterocycles. The minimum absolute atomic E-state index is 0.588. The highest BCUT2D eigenvalue weighted by atomic mass is 14.9. The number of allylic oxidation sites excluding steroid dienone is 2. The Morgan fingerprint density at radius 1 is 1.08 bits per heavy atom. The smallest absolute Gasteiger partial charge is 0.0847 e. The van der Waals surface area contributed by atoms with E-state index in [0.717, 1.165) is 35.6 Å². The molecule has 0 aliphatic carbocycles. The molecular formula is C22H32N2. The predicted molar refractivity (Wildman–Crippen MR) is 107 cm³/mol. The molecule has 1 rings (SSSR count). The van der Waals surface area contributed by atoms with Crippen LogP contribution in [0.3, 0.4) is 0 Å². The van der Waals surface area contributed by atoms with Gasteiger partial charge < -0.3 is 5.32 Å². The summed E-state index contributed by atoms with van der Waals surface area (Å²) in [6.07, 6.45) is 1.01. The van der Waals surface area contributed by atoms with Crippen molar-refractivity contribution in [2.24, 2.45) is 10.9 Å². The maximum absolute atomic E-state index is 4.79. The van der Waals surface area contributed by atoms with E-state index in [2.05, 4.69) is 70.4 Å². The Bertz CT molecular complexity index is 643. The first-order chi connectivity index (χ1) is 11.2. The van der Waals surface area contributed by atoms with Crippen molar-refractivity contribution >= 4 is 5.71 Å². The molecule has 1 N–H and O–H groups in total. The van der Waals surface area contributed by atoms with E-state index < -0.39 is 0 Å². The zero-order valence-corrected chi connectivity index (χ0v) is 16.2. The van der Waals surface area contributed by atoms with Gasteiger partial charge in [-0.25, -0.2) is 0 Å². The van der Waals surface area contributed by atoms with Crippen LogP contribution >= 0.6 is 0 Å². The predicted octanol–water partition coefficient (Wildman–Crippen LogP) is 5.96. The molecule has 0 atom stereocenters. The van der Waals surface area contributed by atoms with Gasteiger partial charge in [-0.15, -0.1) is 0 Å². The van der Waals surface area contributed by atoms with Crippen molar-refractivity contribution in [3.63, 3.8) is 0 Å². The molecule has 0 saturated carbocycles. The van der Waals surface area contributed by atoms with E-state index in [0.29, 0.717) is 5.92 Å². The van der Waals surface area contributed by atoms with Crippen molar-refractivity contribution in [3.8, 4) is 0 Å². The Hall–Kier alpha value is -2.09. The second-order valence-corrected chi connectivity index (χ2v) is 7.02. The third-order valence-electron chi connectivity index (χ3n) is 3.93. The van der Waals surface area contributed by atoms with Crippen LogP contribution in [0.25, 0.3) is 0 Å². The molecule has 1 aromatic rings. The fraction of sp³-hybridized carbons (Fsp3) is 0.409. The minimum atomic E-state index is 0.588. The van der Waals surface area contributed by atoms with E-state index in [4.69, 9.17) is 4.99 Å². The molecule has 24 heavy (non-hydrogen) atoms. The first kappa shape index (κ1) is 20.0. The third-order valence-corrected chi connectivity index (χ3v) is 3.93. The maximum atomic E-state index is 4.79. The zero-order valence-electron chi connectivity index (χ0n) is 16.2. The molecule has 0 unspecified atom stereocenters. The lowest BCUT2D eigenvalue weighted by atomic mass is 10.0. The van der Waals surface area contributed by atoms with Crippen molar-refractivity contribution in [3.05, 3.63) is 71.1 Å². The summed E-state index contributed by atoms with van der Waals surface area (Å²) in [4.78, 5) is 4.79. The van der Waals surface area contributed by atoms with Crippen molar-refractivity contribution in [2.45, 2.75) is 54.5 Å². The van der Waals surface area contributed by atoms with Crippen LogP contribution in [0.4, 0.5) is 0 Å². The number of aliphatic imine (C=N–C) groups is 1. The number of nitrogens with zero attached hydrogens (tertiary/aromatic N) is 1. The average Bonchev–Trinajstić information content (AvgIpc) is 2.50. The average molecular weight is 325 g/mol. The molecule has 0 amide bonds. The van der Waals surface area contributed by atoms with Crippen LogP contribution in [0.15, 0.2) is 65.0 Å². The summed E-state index contributed by atoms with van der Waals surface area (Å²) in [7, 11) is 0. The lowest BCUT2D eigenvalue weighted by Crippen LogP contribution is -2.15. The summed E-state index contributed by atoms with van der Waals surface area (Å²) in [5.41, 5.74) is 7.52.